The third-order valence-electron chi connectivity index (χ3n) is 10.7. The van der Waals surface area contributed by atoms with Crippen LogP contribution in [-0.4, -0.2) is 35.3 Å². The molecule has 0 spiro atoms. The van der Waals surface area contributed by atoms with E-state index in [0.717, 1.165) is 4.90 Å². The van der Waals surface area contributed by atoms with E-state index >= 15 is 0 Å². The Morgan fingerprint density at radius 2 is 1.45 bits per heavy atom. The number of para-hydroxylation sites is 1. The maximum Gasteiger partial charge on any atom is 0.416 e. The van der Waals surface area contributed by atoms with Gasteiger partial charge in [0.1, 0.15) is 0 Å². The van der Waals surface area contributed by atoms with Gasteiger partial charge in [0.2, 0.25) is 23.6 Å². The number of carbonyl (C=O) groups excluding carboxylic acids is 4. The van der Waals surface area contributed by atoms with E-state index in [1.54, 1.807) is 62.4 Å². The molecule has 8 nitrogen and oxygen atoms in total. The molecule has 1 N–H and O–H groups in total. The number of benzene rings is 3. The summed E-state index contributed by atoms with van der Waals surface area (Å²) in [7, 11) is 0. The van der Waals surface area contributed by atoms with E-state index in [1.165, 1.54) is 6.07 Å². The Hall–Kier alpha value is -5.14. The number of anilines is 2. The summed E-state index contributed by atoms with van der Waals surface area (Å²) in [6.07, 6.45) is -8.92. The lowest BCUT2D eigenvalue weighted by molar-refractivity contribution is -0.143. The Bertz CT molecular complexity index is 1980. The highest BCUT2D eigenvalue weighted by Crippen LogP contribution is 2.64. The maximum atomic E-state index is 14.5. The van der Waals surface area contributed by atoms with Gasteiger partial charge in [0.05, 0.1) is 52.3 Å². The molecule has 14 heteroatoms. The molecule has 0 bridgehead atoms. The van der Waals surface area contributed by atoms with Crippen molar-refractivity contribution in [3.8, 4) is 11.5 Å². The van der Waals surface area contributed by atoms with Crippen LogP contribution >= 0.6 is 0 Å². The molecule has 0 radical (unpaired) electrons. The van der Waals surface area contributed by atoms with E-state index in [4.69, 9.17) is 4.74 Å². The smallest absolute Gasteiger partial charge is 0.416 e. The minimum atomic E-state index is -5.21. The molecule has 4 amide bonds. The molecule has 266 valence electrons. The topological polar surface area (TPSA) is 104 Å². The largest absolute Gasteiger partial charge is 0.504 e. The minimum Gasteiger partial charge on any atom is -0.504 e. The van der Waals surface area contributed by atoms with Crippen LogP contribution in [0.1, 0.15) is 49.3 Å². The first-order chi connectivity index (χ1) is 24.0. The lowest BCUT2D eigenvalue weighted by Crippen LogP contribution is -2.48. The first-order valence-electron chi connectivity index (χ1n) is 16.2. The number of ether oxygens (including phenoxy) is 1. The average Bonchev–Trinajstić information content (AvgIpc) is 3.44. The summed E-state index contributed by atoms with van der Waals surface area (Å²) >= 11 is 0. The molecule has 2 aliphatic carbocycles. The van der Waals surface area contributed by atoms with Crippen molar-refractivity contribution in [1.29, 1.82) is 0 Å². The Labute approximate surface area is 287 Å². The normalized spacial score (nSPS) is 27.7. The quantitative estimate of drug-likeness (QED) is 0.170. The van der Waals surface area contributed by atoms with E-state index in [0.29, 0.717) is 33.9 Å². The highest BCUT2D eigenvalue weighted by molar-refractivity contribution is 6.25. The van der Waals surface area contributed by atoms with Gasteiger partial charge in [0.25, 0.3) is 0 Å². The molecular formula is C37H30F6N2O6. The summed E-state index contributed by atoms with van der Waals surface area (Å²) < 4.78 is 88.2. The Morgan fingerprint density at radius 1 is 0.804 bits per heavy atom. The van der Waals surface area contributed by atoms with Crippen molar-refractivity contribution in [3.05, 3.63) is 95.1 Å². The molecule has 3 aromatic carbocycles. The average molecular weight is 713 g/mol. The number of hydrogen-bond acceptors (Lipinski definition) is 6. The SMILES string of the molecule is CCOc1cc(C2C3=CCC4C(=O)N(c5cc(C(F)(F)F)cc(C(F)(F)F)c5)C(=O)C4C3CC3C(=O)N(c4ccccc4)C(=O)C32C)ccc1O. The third-order valence-corrected chi connectivity index (χ3v) is 10.7. The summed E-state index contributed by atoms with van der Waals surface area (Å²) in [5.74, 6) is -8.30. The van der Waals surface area contributed by atoms with Gasteiger partial charge in [-0.25, -0.2) is 9.80 Å². The molecule has 7 rings (SSSR count). The van der Waals surface area contributed by atoms with Crippen LogP contribution in [0.2, 0.25) is 0 Å². The van der Waals surface area contributed by atoms with Crippen molar-refractivity contribution >= 4 is 35.0 Å². The maximum absolute atomic E-state index is 14.5. The summed E-state index contributed by atoms with van der Waals surface area (Å²) in [6.45, 7) is 3.54. The van der Waals surface area contributed by atoms with Crippen molar-refractivity contribution in [2.45, 2.75) is 45.0 Å². The molecule has 6 atom stereocenters. The molecule has 1 saturated carbocycles. The Morgan fingerprint density at radius 3 is 2.06 bits per heavy atom. The number of imide groups is 2. The van der Waals surface area contributed by atoms with Gasteiger partial charge in [0.15, 0.2) is 11.5 Å². The first-order valence-corrected chi connectivity index (χ1v) is 16.2. The van der Waals surface area contributed by atoms with Gasteiger partial charge in [-0.15, -0.1) is 0 Å². The molecule has 2 saturated heterocycles. The second-order valence-corrected chi connectivity index (χ2v) is 13.4. The molecule has 2 heterocycles. The lowest BCUT2D eigenvalue weighted by Gasteiger charge is -2.49. The number of nitrogens with zero attached hydrogens (tertiary/aromatic N) is 2. The third kappa shape index (κ3) is 5.20. The van der Waals surface area contributed by atoms with Crippen molar-refractivity contribution in [1.82, 2.24) is 0 Å². The van der Waals surface area contributed by atoms with Crippen LogP contribution in [0, 0.1) is 29.1 Å². The van der Waals surface area contributed by atoms with Crippen LogP contribution in [0.25, 0.3) is 0 Å². The number of carbonyl (C=O) groups is 4. The fourth-order valence-corrected chi connectivity index (χ4v) is 8.52. The van der Waals surface area contributed by atoms with Crippen molar-refractivity contribution in [3.63, 3.8) is 0 Å². The number of fused-ring (bicyclic) bond motifs is 4. The number of amides is 4. The second-order valence-electron chi connectivity index (χ2n) is 13.4. The van der Waals surface area contributed by atoms with Gasteiger partial charge in [-0.2, -0.15) is 26.3 Å². The minimum absolute atomic E-state index is 0.0802. The van der Waals surface area contributed by atoms with E-state index in [-0.39, 0.29) is 37.0 Å². The van der Waals surface area contributed by atoms with E-state index < -0.39 is 87.8 Å². The van der Waals surface area contributed by atoms with Crippen molar-refractivity contribution in [2.75, 3.05) is 16.4 Å². The van der Waals surface area contributed by atoms with Crippen LogP contribution in [-0.2, 0) is 31.5 Å². The molecule has 3 aromatic rings. The lowest BCUT2D eigenvalue weighted by atomic mass is 9.51. The van der Waals surface area contributed by atoms with E-state index in [2.05, 4.69) is 0 Å². The van der Waals surface area contributed by atoms with Crippen molar-refractivity contribution < 1.29 is 55.4 Å². The molecule has 51 heavy (non-hydrogen) atoms. The van der Waals surface area contributed by atoms with E-state index in [9.17, 15) is 50.6 Å². The second kappa shape index (κ2) is 11.7. The Balaban J connectivity index is 1.36. The van der Waals surface area contributed by atoms with Crippen LogP contribution in [0.5, 0.6) is 11.5 Å². The monoisotopic (exact) mass is 712 g/mol. The summed E-state index contributed by atoms with van der Waals surface area (Å²) in [6, 6.07) is 13.3. The van der Waals surface area contributed by atoms with Crippen molar-refractivity contribution in [2.24, 2.45) is 29.1 Å². The number of rotatable bonds is 5. The number of hydrogen-bond donors (Lipinski definition) is 1. The number of alkyl halides is 6. The van der Waals surface area contributed by atoms with Crippen LogP contribution < -0.4 is 14.5 Å². The first kappa shape index (κ1) is 34.3. The number of phenolic OH excluding ortho intramolecular Hbond substituents is 1. The van der Waals surface area contributed by atoms with Gasteiger partial charge in [0, 0.05) is 5.92 Å². The zero-order chi connectivity index (χ0) is 36.8. The fraction of sp³-hybridized carbons (Fsp3) is 0.351. The number of allylic oxidation sites excluding steroid dienone is 2. The highest BCUT2D eigenvalue weighted by Gasteiger charge is 2.67. The zero-order valence-electron chi connectivity index (χ0n) is 27.1. The molecule has 2 aliphatic heterocycles. The zero-order valence-corrected chi connectivity index (χ0v) is 27.1. The van der Waals surface area contributed by atoms with Crippen LogP contribution in [0.4, 0.5) is 37.7 Å². The molecule has 4 aliphatic rings. The van der Waals surface area contributed by atoms with Crippen LogP contribution in [0.3, 0.4) is 0 Å². The molecule has 3 fully saturated rings. The van der Waals surface area contributed by atoms with Crippen LogP contribution in [0.15, 0.2) is 78.4 Å². The molecule has 6 unspecified atom stereocenters. The highest BCUT2D eigenvalue weighted by atomic mass is 19.4. The predicted molar refractivity (Wildman–Crippen MR) is 169 cm³/mol. The number of halogens is 6. The molecule has 0 aromatic heterocycles. The van der Waals surface area contributed by atoms with Gasteiger partial charge < -0.3 is 9.84 Å². The summed E-state index contributed by atoms with van der Waals surface area (Å²) in [4.78, 5) is 58.3. The Kier molecular flexibility index (Phi) is 7.88. The fourth-order valence-electron chi connectivity index (χ4n) is 8.52. The van der Waals surface area contributed by atoms with Gasteiger partial charge in [-0.05, 0) is 80.6 Å². The van der Waals surface area contributed by atoms with Gasteiger partial charge in [-0.1, -0.05) is 35.9 Å². The predicted octanol–water partition coefficient (Wildman–Crippen LogP) is 7.26. The summed E-state index contributed by atoms with van der Waals surface area (Å²) in [5.41, 5.74) is -4.33. The number of phenols is 1. The number of aromatic hydroxyl groups is 1. The van der Waals surface area contributed by atoms with Gasteiger partial charge in [-0.3, -0.25) is 19.2 Å². The van der Waals surface area contributed by atoms with Gasteiger partial charge >= 0.3 is 12.4 Å². The standard InChI is InChI=1S/C37H30F6N2O6/c1-3-51-28-13-18(9-12-27(28)46)30-23-10-11-24-29(25(23)17-26-32(48)45(34(50)35(26,30)2)21-7-5-4-6-8-21)33(49)44(31(24)47)22-15-19(36(38,39)40)14-20(16-22)37(41,42)43/h4-10,12-16,24-26,29-30,46H,3,11,17H2,1-2H3. The molecular weight excluding hydrogens is 682 g/mol. The summed E-state index contributed by atoms with van der Waals surface area (Å²) in [5, 5.41) is 10.5. The van der Waals surface area contributed by atoms with E-state index in [1.807, 2.05) is 0 Å².